The van der Waals surface area contributed by atoms with E-state index in [2.05, 4.69) is 10.3 Å². The van der Waals surface area contributed by atoms with Gasteiger partial charge in [0.1, 0.15) is 6.54 Å². The van der Waals surface area contributed by atoms with Crippen molar-refractivity contribution in [2.45, 2.75) is 31.8 Å². The second kappa shape index (κ2) is 8.43. The minimum atomic E-state index is -0.0903. The van der Waals surface area contributed by atoms with Crippen LogP contribution in [0.5, 0.6) is 0 Å². The second-order valence-corrected chi connectivity index (χ2v) is 7.53. The molecule has 0 radical (unpaired) electrons. The Labute approximate surface area is 169 Å². The van der Waals surface area contributed by atoms with E-state index >= 15 is 0 Å². The van der Waals surface area contributed by atoms with Crippen molar-refractivity contribution in [2.24, 2.45) is 0 Å². The maximum atomic E-state index is 12.7. The Morgan fingerprint density at radius 1 is 1.14 bits per heavy atom. The monoisotopic (exact) mass is 392 g/mol. The van der Waals surface area contributed by atoms with Crippen molar-refractivity contribution in [3.05, 3.63) is 65.5 Å². The average molecular weight is 392 g/mol. The molecule has 1 aromatic carbocycles. The molecule has 150 valence electrons. The number of aryl methyl sites for hydroxylation is 1. The van der Waals surface area contributed by atoms with Gasteiger partial charge >= 0.3 is 0 Å². The fourth-order valence-corrected chi connectivity index (χ4v) is 3.90. The van der Waals surface area contributed by atoms with E-state index in [4.69, 9.17) is 0 Å². The molecule has 0 spiro atoms. The fraction of sp³-hybridized carbons (Fsp3) is 0.364. The van der Waals surface area contributed by atoms with Gasteiger partial charge < -0.3 is 15.1 Å². The molecule has 2 aliphatic heterocycles. The number of amides is 3. The Bertz CT molecular complexity index is 915. The van der Waals surface area contributed by atoms with Crippen molar-refractivity contribution in [1.29, 1.82) is 0 Å². The van der Waals surface area contributed by atoms with Gasteiger partial charge in [-0.25, -0.2) is 0 Å². The van der Waals surface area contributed by atoms with E-state index in [9.17, 15) is 14.4 Å². The normalized spacial score (nSPS) is 18.1. The van der Waals surface area contributed by atoms with E-state index in [-0.39, 0.29) is 30.3 Å². The lowest BCUT2D eigenvalue weighted by molar-refractivity contribution is -0.131. The maximum Gasteiger partial charge on any atom is 0.254 e. The maximum absolute atomic E-state index is 12.7. The molecule has 0 saturated carbocycles. The molecule has 1 N–H and O–H groups in total. The number of nitrogens with one attached hydrogen (secondary N) is 1. The van der Waals surface area contributed by atoms with E-state index < -0.39 is 0 Å². The summed E-state index contributed by atoms with van der Waals surface area (Å²) in [5.41, 5.74) is 2.53. The van der Waals surface area contributed by atoms with Crippen LogP contribution in [-0.2, 0) is 22.6 Å². The number of carbonyl (C=O) groups excluding carboxylic acids is 3. The third kappa shape index (κ3) is 4.45. The van der Waals surface area contributed by atoms with Gasteiger partial charge in [-0.15, -0.1) is 0 Å². The SMILES string of the molecule is O=C(CCc1ccccn1)NC1CCN(C(=O)CN2Cc3ccccc3C2=O)C1. The van der Waals surface area contributed by atoms with Crippen LogP contribution in [0.1, 0.15) is 34.5 Å². The first-order chi connectivity index (χ1) is 14.1. The predicted octanol–water partition coefficient (Wildman–Crippen LogP) is 1.39. The summed E-state index contributed by atoms with van der Waals surface area (Å²) in [6.45, 7) is 1.64. The molecule has 0 aliphatic carbocycles. The molecule has 1 saturated heterocycles. The van der Waals surface area contributed by atoms with Crippen LogP contribution >= 0.6 is 0 Å². The molecule has 0 bridgehead atoms. The highest BCUT2D eigenvalue weighted by molar-refractivity contribution is 6.00. The molecule has 29 heavy (non-hydrogen) atoms. The molecule has 3 amide bonds. The topological polar surface area (TPSA) is 82.6 Å². The summed E-state index contributed by atoms with van der Waals surface area (Å²) >= 11 is 0. The Hall–Kier alpha value is -3.22. The first-order valence-corrected chi connectivity index (χ1v) is 9.94. The van der Waals surface area contributed by atoms with Gasteiger partial charge in [0.25, 0.3) is 5.91 Å². The van der Waals surface area contributed by atoms with Gasteiger partial charge in [0.05, 0.1) is 0 Å². The molecule has 1 aromatic heterocycles. The van der Waals surface area contributed by atoms with Crippen LogP contribution in [0.15, 0.2) is 48.7 Å². The standard InChI is InChI=1S/C22H24N4O3/c27-20(9-8-17-6-3-4-11-23-17)24-18-10-12-25(14-18)21(28)15-26-13-16-5-1-2-7-19(16)22(26)29/h1-7,11,18H,8-10,12-15H2,(H,24,27). The summed E-state index contributed by atoms with van der Waals surface area (Å²) in [7, 11) is 0. The van der Waals surface area contributed by atoms with Crippen LogP contribution in [0.2, 0.25) is 0 Å². The van der Waals surface area contributed by atoms with Gasteiger partial charge in [-0.2, -0.15) is 0 Å². The average Bonchev–Trinajstić information content (AvgIpc) is 3.32. The van der Waals surface area contributed by atoms with Crippen molar-refractivity contribution >= 4 is 17.7 Å². The summed E-state index contributed by atoms with van der Waals surface area (Å²) in [5, 5.41) is 3.01. The van der Waals surface area contributed by atoms with Gasteiger partial charge in [-0.1, -0.05) is 24.3 Å². The molecule has 1 atom stereocenters. The number of fused-ring (bicyclic) bond motifs is 1. The van der Waals surface area contributed by atoms with Crippen LogP contribution in [0.3, 0.4) is 0 Å². The number of aromatic nitrogens is 1. The van der Waals surface area contributed by atoms with Crippen LogP contribution < -0.4 is 5.32 Å². The lowest BCUT2D eigenvalue weighted by Crippen LogP contribution is -2.42. The Morgan fingerprint density at radius 2 is 1.97 bits per heavy atom. The molecule has 2 aliphatic rings. The number of carbonyl (C=O) groups is 3. The number of benzene rings is 1. The minimum Gasteiger partial charge on any atom is -0.352 e. The zero-order valence-electron chi connectivity index (χ0n) is 16.2. The van der Waals surface area contributed by atoms with Gasteiger partial charge in [0.15, 0.2) is 0 Å². The number of nitrogens with zero attached hydrogens (tertiary/aromatic N) is 3. The van der Waals surface area contributed by atoms with Gasteiger partial charge in [0.2, 0.25) is 11.8 Å². The van der Waals surface area contributed by atoms with Crippen LogP contribution in [0.4, 0.5) is 0 Å². The predicted molar refractivity (Wildman–Crippen MR) is 107 cm³/mol. The van der Waals surface area contributed by atoms with Crippen LogP contribution in [0, 0.1) is 0 Å². The van der Waals surface area contributed by atoms with Crippen LogP contribution in [0.25, 0.3) is 0 Å². The second-order valence-electron chi connectivity index (χ2n) is 7.53. The van der Waals surface area contributed by atoms with E-state index in [1.165, 1.54) is 0 Å². The lowest BCUT2D eigenvalue weighted by Gasteiger charge is -2.21. The van der Waals surface area contributed by atoms with Gasteiger partial charge in [-0.05, 0) is 36.6 Å². The highest BCUT2D eigenvalue weighted by Gasteiger charge is 2.32. The molecule has 7 nitrogen and oxygen atoms in total. The summed E-state index contributed by atoms with van der Waals surface area (Å²) < 4.78 is 0. The number of likely N-dealkylation sites (tertiary alicyclic amines) is 1. The van der Waals surface area contributed by atoms with Crippen molar-refractivity contribution in [3.8, 4) is 0 Å². The highest BCUT2D eigenvalue weighted by atomic mass is 16.2. The molecule has 3 heterocycles. The van der Waals surface area contributed by atoms with E-state index in [0.717, 1.165) is 17.7 Å². The smallest absolute Gasteiger partial charge is 0.254 e. The minimum absolute atomic E-state index is 0.0277. The molecular weight excluding hydrogens is 368 g/mol. The molecule has 1 fully saturated rings. The molecule has 4 rings (SSSR count). The molecular formula is C22H24N4O3. The quantitative estimate of drug-likeness (QED) is 0.805. The van der Waals surface area contributed by atoms with Crippen molar-refractivity contribution in [1.82, 2.24) is 20.1 Å². The molecule has 1 unspecified atom stereocenters. The number of hydrogen-bond donors (Lipinski definition) is 1. The van der Waals surface area contributed by atoms with Crippen molar-refractivity contribution in [2.75, 3.05) is 19.6 Å². The Morgan fingerprint density at radius 3 is 2.76 bits per heavy atom. The Kier molecular flexibility index (Phi) is 5.55. The number of pyridine rings is 1. The van der Waals surface area contributed by atoms with E-state index in [0.29, 0.717) is 38.0 Å². The number of rotatable bonds is 6. The molecule has 7 heteroatoms. The van der Waals surface area contributed by atoms with Gasteiger partial charge in [-0.3, -0.25) is 19.4 Å². The largest absolute Gasteiger partial charge is 0.352 e. The summed E-state index contributed by atoms with van der Waals surface area (Å²) in [6, 6.07) is 13.1. The number of hydrogen-bond acceptors (Lipinski definition) is 4. The van der Waals surface area contributed by atoms with Gasteiger partial charge in [0, 0.05) is 49.6 Å². The summed E-state index contributed by atoms with van der Waals surface area (Å²) in [6.07, 6.45) is 3.42. The van der Waals surface area contributed by atoms with E-state index in [1.807, 2.05) is 36.4 Å². The fourth-order valence-electron chi connectivity index (χ4n) is 3.90. The third-order valence-electron chi connectivity index (χ3n) is 5.46. The summed E-state index contributed by atoms with van der Waals surface area (Å²) in [5.74, 6) is -0.191. The van der Waals surface area contributed by atoms with Crippen molar-refractivity contribution < 1.29 is 14.4 Å². The first-order valence-electron chi connectivity index (χ1n) is 9.94. The van der Waals surface area contributed by atoms with E-state index in [1.54, 1.807) is 22.1 Å². The van der Waals surface area contributed by atoms with Crippen LogP contribution in [-0.4, -0.2) is 58.2 Å². The lowest BCUT2D eigenvalue weighted by atomic mass is 10.1. The highest BCUT2D eigenvalue weighted by Crippen LogP contribution is 2.22. The first kappa shape index (κ1) is 19.1. The van der Waals surface area contributed by atoms with Crippen molar-refractivity contribution in [3.63, 3.8) is 0 Å². The zero-order chi connectivity index (χ0) is 20.2. The third-order valence-corrected chi connectivity index (χ3v) is 5.46. The summed E-state index contributed by atoms with van der Waals surface area (Å²) in [4.78, 5) is 44.8. The molecule has 2 aromatic rings. The zero-order valence-corrected chi connectivity index (χ0v) is 16.2. The Balaban J connectivity index is 1.23.